The number of hydrogen-bond donors (Lipinski definition) is 1. The van der Waals surface area contributed by atoms with Crippen LogP contribution in [0.2, 0.25) is 0 Å². The third kappa shape index (κ3) is 4.09. The van der Waals surface area contributed by atoms with Crippen molar-refractivity contribution in [3.8, 4) is 0 Å². The molecule has 0 saturated heterocycles. The second kappa shape index (κ2) is 5.72. The quantitative estimate of drug-likeness (QED) is 0.643. The molecular weight excluding hydrogens is 153 g/mol. The number of halogens is 1. The van der Waals surface area contributed by atoms with Gasteiger partial charge >= 0.3 is 0 Å². The Hall–Kier alpha value is -0.890. The van der Waals surface area contributed by atoms with Crippen molar-refractivity contribution in [1.29, 1.82) is 0 Å². The molecule has 2 heteroatoms. The van der Waals surface area contributed by atoms with Crippen molar-refractivity contribution in [3.63, 3.8) is 0 Å². The van der Waals surface area contributed by atoms with Gasteiger partial charge in [-0.25, -0.2) is 4.39 Å². The number of rotatable bonds is 4. The first-order valence-electron chi connectivity index (χ1n) is 4.01. The van der Waals surface area contributed by atoms with Gasteiger partial charge < -0.3 is 5.73 Å². The van der Waals surface area contributed by atoms with Crippen LogP contribution < -0.4 is 5.73 Å². The zero-order valence-corrected chi connectivity index (χ0v) is 7.68. The zero-order chi connectivity index (χ0) is 9.56. The van der Waals surface area contributed by atoms with Crippen molar-refractivity contribution in [3.05, 3.63) is 36.2 Å². The van der Waals surface area contributed by atoms with Crippen LogP contribution in [0, 0.1) is 0 Å². The van der Waals surface area contributed by atoms with Crippen molar-refractivity contribution in [2.24, 2.45) is 5.73 Å². The molecule has 0 rings (SSSR count). The molecule has 0 aromatic rings. The summed E-state index contributed by atoms with van der Waals surface area (Å²) < 4.78 is 13.0. The summed E-state index contributed by atoms with van der Waals surface area (Å²) in [6, 6.07) is -0.0260. The minimum atomic E-state index is -0.287. The standard InChI is InChI=1S/C10H16FN/c1-4-6-9(7-8(3)12)10(11)5-2/h4-6,8H,2,7,12H2,1,3H3/b6-4-,10-9-. The average Bonchev–Trinajstić information content (AvgIpc) is 2.01. The van der Waals surface area contributed by atoms with Gasteiger partial charge in [-0.2, -0.15) is 0 Å². The van der Waals surface area contributed by atoms with Crippen molar-refractivity contribution in [2.75, 3.05) is 0 Å². The highest BCUT2D eigenvalue weighted by atomic mass is 19.1. The van der Waals surface area contributed by atoms with Gasteiger partial charge in [-0.15, -0.1) is 0 Å². The maximum absolute atomic E-state index is 13.0. The summed E-state index contributed by atoms with van der Waals surface area (Å²) in [7, 11) is 0. The van der Waals surface area contributed by atoms with Gasteiger partial charge in [0.05, 0.1) is 0 Å². The maximum atomic E-state index is 13.0. The van der Waals surface area contributed by atoms with Gasteiger partial charge in [-0.1, -0.05) is 18.7 Å². The fourth-order valence-corrected chi connectivity index (χ4v) is 0.924. The summed E-state index contributed by atoms with van der Waals surface area (Å²) in [6.45, 7) is 7.06. The van der Waals surface area contributed by atoms with E-state index < -0.39 is 0 Å². The summed E-state index contributed by atoms with van der Waals surface area (Å²) in [5.41, 5.74) is 6.16. The third-order valence-corrected chi connectivity index (χ3v) is 1.40. The molecule has 0 aromatic carbocycles. The number of allylic oxidation sites excluding steroid dienone is 4. The Balaban J connectivity index is 4.53. The molecule has 0 radical (unpaired) electrons. The Morgan fingerprint density at radius 1 is 1.67 bits per heavy atom. The molecule has 1 unspecified atom stereocenters. The highest BCUT2D eigenvalue weighted by Crippen LogP contribution is 2.14. The van der Waals surface area contributed by atoms with E-state index in [0.29, 0.717) is 12.0 Å². The monoisotopic (exact) mass is 169 g/mol. The first-order valence-corrected chi connectivity index (χ1v) is 4.01. The second-order valence-corrected chi connectivity index (χ2v) is 2.76. The molecule has 1 atom stereocenters. The Morgan fingerprint density at radius 2 is 2.25 bits per heavy atom. The largest absolute Gasteiger partial charge is 0.328 e. The minimum absolute atomic E-state index is 0.0260. The minimum Gasteiger partial charge on any atom is -0.328 e. The second-order valence-electron chi connectivity index (χ2n) is 2.76. The smallest absolute Gasteiger partial charge is 0.125 e. The van der Waals surface area contributed by atoms with Crippen LogP contribution in [0.25, 0.3) is 0 Å². The van der Waals surface area contributed by atoms with Crippen molar-refractivity contribution >= 4 is 0 Å². The summed E-state index contributed by atoms with van der Waals surface area (Å²) in [4.78, 5) is 0. The lowest BCUT2D eigenvalue weighted by Gasteiger charge is -2.05. The van der Waals surface area contributed by atoms with Gasteiger partial charge in [0.2, 0.25) is 0 Å². The van der Waals surface area contributed by atoms with Crippen LogP contribution in [0.3, 0.4) is 0 Å². The van der Waals surface area contributed by atoms with E-state index in [9.17, 15) is 4.39 Å². The summed E-state index contributed by atoms with van der Waals surface area (Å²) >= 11 is 0. The Bertz CT molecular complexity index is 202. The zero-order valence-electron chi connectivity index (χ0n) is 7.68. The predicted molar refractivity (Wildman–Crippen MR) is 51.4 cm³/mol. The van der Waals surface area contributed by atoms with Gasteiger partial charge in [0.25, 0.3) is 0 Å². The Kier molecular flexibility index (Phi) is 5.30. The molecule has 0 spiro atoms. The van der Waals surface area contributed by atoms with Gasteiger partial charge in [-0.3, -0.25) is 0 Å². The Morgan fingerprint density at radius 3 is 2.58 bits per heavy atom. The van der Waals surface area contributed by atoms with E-state index in [4.69, 9.17) is 5.73 Å². The molecule has 1 nitrogen and oxygen atoms in total. The highest BCUT2D eigenvalue weighted by Gasteiger charge is 2.02. The van der Waals surface area contributed by atoms with Crippen LogP contribution in [-0.4, -0.2) is 6.04 Å². The van der Waals surface area contributed by atoms with E-state index in [1.807, 2.05) is 13.8 Å². The predicted octanol–water partition coefficient (Wildman–Crippen LogP) is 2.71. The summed E-state index contributed by atoms with van der Waals surface area (Å²) in [5, 5.41) is 0. The summed E-state index contributed by atoms with van der Waals surface area (Å²) in [6.07, 6.45) is 5.26. The van der Waals surface area contributed by atoms with Crippen LogP contribution in [0.4, 0.5) is 4.39 Å². The lowest BCUT2D eigenvalue weighted by molar-refractivity contribution is 0.635. The van der Waals surface area contributed by atoms with Gasteiger partial charge in [0.1, 0.15) is 5.83 Å². The fourth-order valence-electron chi connectivity index (χ4n) is 0.924. The van der Waals surface area contributed by atoms with E-state index >= 15 is 0 Å². The van der Waals surface area contributed by atoms with Crippen LogP contribution in [0.15, 0.2) is 36.2 Å². The first kappa shape index (κ1) is 11.1. The fraction of sp³-hybridized carbons (Fsp3) is 0.400. The summed E-state index contributed by atoms with van der Waals surface area (Å²) in [5.74, 6) is -0.287. The molecule has 0 aromatic heterocycles. The number of hydrogen-bond acceptors (Lipinski definition) is 1. The molecule has 0 bridgehead atoms. The SMILES string of the molecule is C=C/C(F)=C(\C=C/C)CC(C)N. The molecule has 0 amide bonds. The lowest BCUT2D eigenvalue weighted by atomic mass is 10.1. The topological polar surface area (TPSA) is 26.0 Å². The lowest BCUT2D eigenvalue weighted by Crippen LogP contribution is -2.15. The normalized spacial score (nSPS) is 16.0. The van der Waals surface area contributed by atoms with Crippen molar-refractivity contribution in [1.82, 2.24) is 0 Å². The van der Waals surface area contributed by atoms with Gasteiger partial charge in [0.15, 0.2) is 0 Å². The third-order valence-electron chi connectivity index (χ3n) is 1.40. The van der Waals surface area contributed by atoms with Crippen molar-refractivity contribution < 1.29 is 4.39 Å². The molecule has 0 aliphatic carbocycles. The van der Waals surface area contributed by atoms with Crippen LogP contribution in [-0.2, 0) is 0 Å². The molecule has 0 aliphatic rings. The van der Waals surface area contributed by atoms with E-state index in [0.717, 1.165) is 0 Å². The molecule has 0 aliphatic heterocycles. The van der Waals surface area contributed by atoms with Gasteiger partial charge in [-0.05, 0) is 31.9 Å². The molecule has 0 heterocycles. The molecular formula is C10H16FN. The maximum Gasteiger partial charge on any atom is 0.125 e. The van der Waals surface area contributed by atoms with E-state index in [-0.39, 0.29) is 11.9 Å². The van der Waals surface area contributed by atoms with Gasteiger partial charge in [0, 0.05) is 6.04 Å². The molecule has 0 fully saturated rings. The molecule has 2 N–H and O–H groups in total. The van der Waals surface area contributed by atoms with Crippen LogP contribution >= 0.6 is 0 Å². The number of nitrogens with two attached hydrogens (primary N) is 1. The average molecular weight is 169 g/mol. The molecule has 12 heavy (non-hydrogen) atoms. The Labute approximate surface area is 73.5 Å². The van der Waals surface area contributed by atoms with E-state index in [1.54, 1.807) is 12.2 Å². The van der Waals surface area contributed by atoms with Crippen LogP contribution in [0.1, 0.15) is 20.3 Å². The highest BCUT2D eigenvalue weighted by molar-refractivity contribution is 5.28. The molecule has 68 valence electrons. The van der Waals surface area contributed by atoms with Crippen LogP contribution in [0.5, 0.6) is 0 Å². The van der Waals surface area contributed by atoms with E-state index in [2.05, 4.69) is 6.58 Å². The first-order chi connectivity index (χ1) is 5.61. The molecule has 0 saturated carbocycles. The van der Waals surface area contributed by atoms with E-state index in [1.165, 1.54) is 6.08 Å². The van der Waals surface area contributed by atoms with Crippen molar-refractivity contribution in [2.45, 2.75) is 26.3 Å².